The number of nitrogens with two attached hydrogens (primary N) is 1. The van der Waals surface area contributed by atoms with Crippen LogP contribution >= 0.6 is 11.8 Å². The highest BCUT2D eigenvalue weighted by Crippen LogP contribution is 2.24. The van der Waals surface area contributed by atoms with Gasteiger partial charge in [-0.05, 0) is 24.3 Å². The molecule has 0 amide bonds. The summed E-state index contributed by atoms with van der Waals surface area (Å²) in [5, 5.41) is 10.1. The van der Waals surface area contributed by atoms with E-state index in [1.807, 2.05) is 19.9 Å². The fourth-order valence-electron chi connectivity index (χ4n) is 1.82. The van der Waals surface area contributed by atoms with E-state index < -0.39 is 0 Å². The molecule has 6 nitrogen and oxygen atoms in total. The number of hydrogen-bond donors (Lipinski definition) is 1. The Kier molecular flexibility index (Phi) is 5.66. The quantitative estimate of drug-likeness (QED) is 0.642. The molecule has 0 saturated heterocycles. The van der Waals surface area contributed by atoms with Crippen molar-refractivity contribution in [1.29, 1.82) is 5.26 Å². The summed E-state index contributed by atoms with van der Waals surface area (Å²) in [6.45, 7) is 4.22. The first-order valence-corrected chi connectivity index (χ1v) is 7.91. The lowest BCUT2D eigenvalue weighted by Gasteiger charge is -2.11. The molecule has 0 spiro atoms. The highest BCUT2D eigenvalue weighted by Gasteiger charge is 2.14. The van der Waals surface area contributed by atoms with E-state index in [1.165, 1.54) is 11.8 Å². The van der Waals surface area contributed by atoms with Gasteiger partial charge in [-0.2, -0.15) is 5.26 Å². The molecule has 0 fully saturated rings. The molecule has 0 aliphatic carbocycles. The molecule has 0 radical (unpaired) electrons. The smallest absolute Gasteiger partial charge is 0.190 e. The fraction of sp³-hybridized carbons (Fsp3) is 0.312. The molecule has 0 aliphatic heterocycles. The largest absolute Gasteiger partial charge is 0.497 e. The van der Waals surface area contributed by atoms with Gasteiger partial charge in [0.25, 0.3) is 0 Å². The van der Waals surface area contributed by atoms with Crippen molar-refractivity contribution in [3.05, 3.63) is 35.5 Å². The van der Waals surface area contributed by atoms with Crippen molar-refractivity contribution in [2.45, 2.75) is 30.9 Å². The average molecular weight is 330 g/mol. The Labute approximate surface area is 139 Å². The SMILES string of the molecule is COc1ccc(OCc2nc(SC(C)C)nc(N)c2C#N)cc1. The lowest BCUT2D eigenvalue weighted by Crippen LogP contribution is -2.08. The van der Waals surface area contributed by atoms with Gasteiger partial charge in [0.2, 0.25) is 0 Å². The van der Waals surface area contributed by atoms with Gasteiger partial charge in [0.1, 0.15) is 41.3 Å². The highest BCUT2D eigenvalue weighted by atomic mass is 32.2. The maximum absolute atomic E-state index is 9.25. The van der Waals surface area contributed by atoms with Crippen molar-refractivity contribution in [2.75, 3.05) is 12.8 Å². The summed E-state index contributed by atoms with van der Waals surface area (Å²) in [7, 11) is 1.60. The van der Waals surface area contributed by atoms with Crippen LogP contribution in [0.4, 0.5) is 5.82 Å². The third-order valence-corrected chi connectivity index (χ3v) is 3.74. The van der Waals surface area contributed by atoms with Crippen LogP contribution in [-0.4, -0.2) is 22.3 Å². The van der Waals surface area contributed by atoms with Crippen LogP contribution in [0.25, 0.3) is 0 Å². The Morgan fingerprint density at radius 3 is 2.43 bits per heavy atom. The van der Waals surface area contributed by atoms with E-state index >= 15 is 0 Å². The second-order valence-corrected chi connectivity index (χ2v) is 6.50. The Morgan fingerprint density at radius 1 is 1.22 bits per heavy atom. The molecule has 2 rings (SSSR count). The summed E-state index contributed by atoms with van der Waals surface area (Å²) < 4.78 is 10.8. The van der Waals surface area contributed by atoms with E-state index in [4.69, 9.17) is 15.2 Å². The number of rotatable bonds is 6. The van der Waals surface area contributed by atoms with Gasteiger partial charge in [0, 0.05) is 5.25 Å². The molecule has 1 aromatic carbocycles. The predicted octanol–water partition coefficient (Wildman–Crippen LogP) is 3.02. The summed E-state index contributed by atoms with van der Waals surface area (Å²) in [5.41, 5.74) is 6.60. The number of nitrogens with zero attached hydrogens (tertiary/aromatic N) is 3. The second kappa shape index (κ2) is 7.70. The van der Waals surface area contributed by atoms with E-state index in [0.29, 0.717) is 21.8 Å². The number of nitrogen functional groups attached to an aromatic ring is 1. The molecular formula is C16H18N4O2S. The van der Waals surface area contributed by atoms with Gasteiger partial charge in [0.15, 0.2) is 5.16 Å². The molecular weight excluding hydrogens is 312 g/mol. The van der Waals surface area contributed by atoms with Crippen LogP contribution in [0.3, 0.4) is 0 Å². The first-order chi connectivity index (χ1) is 11.0. The van der Waals surface area contributed by atoms with Gasteiger partial charge >= 0.3 is 0 Å². The second-order valence-electron chi connectivity index (χ2n) is 4.96. The summed E-state index contributed by atoms with van der Waals surface area (Å²) in [6.07, 6.45) is 0. The van der Waals surface area contributed by atoms with E-state index in [0.717, 1.165) is 5.75 Å². The Bertz CT molecular complexity index is 711. The van der Waals surface area contributed by atoms with Gasteiger partial charge in [-0.25, -0.2) is 9.97 Å². The van der Waals surface area contributed by atoms with Gasteiger partial charge in [-0.1, -0.05) is 25.6 Å². The Hall–Kier alpha value is -2.46. The van der Waals surface area contributed by atoms with Gasteiger partial charge < -0.3 is 15.2 Å². The third-order valence-electron chi connectivity index (χ3n) is 2.88. The maximum Gasteiger partial charge on any atom is 0.190 e. The summed E-state index contributed by atoms with van der Waals surface area (Å²) >= 11 is 1.49. The lowest BCUT2D eigenvalue weighted by molar-refractivity contribution is 0.299. The number of thioether (sulfide) groups is 1. The Morgan fingerprint density at radius 2 is 1.87 bits per heavy atom. The van der Waals surface area contributed by atoms with E-state index in [9.17, 15) is 5.26 Å². The van der Waals surface area contributed by atoms with Crippen molar-refractivity contribution in [3.63, 3.8) is 0 Å². The molecule has 1 aromatic heterocycles. The number of anilines is 1. The van der Waals surface area contributed by atoms with Gasteiger partial charge in [0.05, 0.1) is 7.11 Å². The maximum atomic E-state index is 9.25. The zero-order valence-electron chi connectivity index (χ0n) is 13.2. The topological polar surface area (TPSA) is 94.1 Å². The molecule has 0 saturated carbocycles. The molecule has 0 bridgehead atoms. The predicted molar refractivity (Wildman–Crippen MR) is 89.5 cm³/mol. The van der Waals surface area contributed by atoms with Crippen LogP contribution < -0.4 is 15.2 Å². The lowest BCUT2D eigenvalue weighted by atomic mass is 10.2. The third kappa shape index (κ3) is 4.50. The van der Waals surface area contributed by atoms with Crippen molar-refractivity contribution in [2.24, 2.45) is 0 Å². The molecule has 0 unspecified atom stereocenters. The zero-order chi connectivity index (χ0) is 16.8. The zero-order valence-corrected chi connectivity index (χ0v) is 14.1. The molecule has 2 N–H and O–H groups in total. The average Bonchev–Trinajstić information content (AvgIpc) is 2.52. The van der Waals surface area contributed by atoms with E-state index in [2.05, 4.69) is 9.97 Å². The van der Waals surface area contributed by atoms with Crippen LogP contribution in [0, 0.1) is 11.3 Å². The van der Waals surface area contributed by atoms with Crippen LogP contribution in [0.2, 0.25) is 0 Å². The minimum atomic E-state index is 0.146. The summed E-state index contributed by atoms with van der Waals surface area (Å²) in [6, 6.07) is 9.22. The number of ether oxygens (including phenoxy) is 2. The first-order valence-electron chi connectivity index (χ1n) is 7.03. The molecule has 2 aromatic rings. The van der Waals surface area contributed by atoms with Crippen LogP contribution in [0.5, 0.6) is 11.5 Å². The van der Waals surface area contributed by atoms with Gasteiger partial charge in [-0.3, -0.25) is 0 Å². The number of aromatic nitrogens is 2. The van der Waals surface area contributed by atoms with Crippen molar-refractivity contribution in [1.82, 2.24) is 9.97 Å². The van der Waals surface area contributed by atoms with E-state index in [1.54, 1.807) is 31.4 Å². The minimum absolute atomic E-state index is 0.146. The normalized spacial score (nSPS) is 10.4. The van der Waals surface area contributed by atoms with E-state index in [-0.39, 0.29) is 18.0 Å². The molecule has 0 atom stereocenters. The molecule has 120 valence electrons. The number of nitriles is 1. The highest BCUT2D eigenvalue weighted by molar-refractivity contribution is 7.99. The van der Waals surface area contributed by atoms with Crippen LogP contribution in [-0.2, 0) is 6.61 Å². The Balaban J connectivity index is 2.19. The number of benzene rings is 1. The van der Waals surface area contributed by atoms with Crippen molar-refractivity contribution < 1.29 is 9.47 Å². The standard InChI is InChI=1S/C16H18N4O2S/c1-10(2)23-16-19-14(13(8-17)15(18)20-16)9-22-12-6-4-11(21-3)5-7-12/h4-7,10H,9H2,1-3H3,(H2,18,19,20). The summed E-state index contributed by atoms with van der Waals surface area (Å²) in [5.74, 6) is 1.58. The molecule has 7 heteroatoms. The minimum Gasteiger partial charge on any atom is -0.497 e. The van der Waals surface area contributed by atoms with Crippen molar-refractivity contribution in [3.8, 4) is 17.6 Å². The first kappa shape index (κ1) is 16.9. The molecule has 0 aliphatic rings. The number of methoxy groups -OCH3 is 1. The fourth-order valence-corrected chi connectivity index (χ4v) is 2.55. The van der Waals surface area contributed by atoms with Gasteiger partial charge in [-0.15, -0.1) is 0 Å². The monoisotopic (exact) mass is 330 g/mol. The number of hydrogen-bond acceptors (Lipinski definition) is 7. The molecule has 1 heterocycles. The van der Waals surface area contributed by atoms with Crippen LogP contribution in [0.1, 0.15) is 25.1 Å². The van der Waals surface area contributed by atoms with Crippen LogP contribution in [0.15, 0.2) is 29.4 Å². The summed E-state index contributed by atoms with van der Waals surface area (Å²) in [4.78, 5) is 8.55. The molecule has 23 heavy (non-hydrogen) atoms. The van der Waals surface area contributed by atoms with Crippen molar-refractivity contribution >= 4 is 17.6 Å².